The monoisotopic (exact) mass is 573 g/mol. The van der Waals surface area contributed by atoms with Crippen LogP contribution in [0.25, 0.3) is 5.76 Å². The van der Waals surface area contributed by atoms with E-state index in [2.05, 4.69) is 10.2 Å². The van der Waals surface area contributed by atoms with Gasteiger partial charge in [0.05, 0.1) is 11.6 Å². The van der Waals surface area contributed by atoms with E-state index in [9.17, 15) is 19.1 Å². The summed E-state index contributed by atoms with van der Waals surface area (Å²) in [4.78, 5) is 28.1. The molecule has 3 heterocycles. The van der Waals surface area contributed by atoms with Gasteiger partial charge < -0.3 is 9.84 Å². The quantitative estimate of drug-likeness (QED) is 0.0961. The van der Waals surface area contributed by atoms with Gasteiger partial charge in [0.15, 0.2) is 4.34 Å². The number of hydrogen-bond acceptors (Lipinski definition) is 8. The van der Waals surface area contributed by atoms with Crippen LogP contribution >= 0.6 is 23.1 Å². The fourth-order valence-corrected chi connectivity index (χ4v) is 6.73. The van der Waals surface area contributed by atoms with Crippen molar-refractivity contribution in [3.63, 3.8) is 0 Å². The second-order valence-corrected chi connectivity index (χ2v) is 12.0. The van der Waals surface area contributed by atoms with E-state index in [1.165, 1.54) is 57.8 Å². The maximum absolute atomic E-state index is 13.8. The van der Waals surface area contributed by atoms with Gasteiger partial charge in [-0.05, 0) is 60.9 Å². The van der Waals surface area contributed by atoms with Crippen LogP contribution in [0, 0.1) is 12.7 Å². The van der Waals surface area contributed by atoms with Crippen LogP contribution in [-0.4, -0.2) is 33.1 Å². The molecular weight excluding hydrogens is 549 g/mol. The molecule has 2 aliphatic rings. The molecule has 0 aliphatic carbocycles. The van der Waals surface area contributed by atoms with Crippen molar-refractivity contribution in [1.29, 1.82) is 0 Å². The zero-order chi connectivity index (χ0) is 28.0. The highest BCUT2D eigenvalue weighted by molar-refractivity contribution is 8.00. The molecule has 2 atom stereocenters. The van der Waals surface area contributed by atoms with Gasteiger partial charge in [-0.2, -0.15) is 0 Å². The Kier molecular flexibility index (Phi) is 6.89. The van der Waals surface area contributed by atoms with Crippen LogP contribution in [-0.2, 0) is 21.8 Å². The Balaban J connectivity index is 1.38. The molecule has 202 valence electrons. The zero-order valence-corrected chi connectivity index (χ0v) is 23.3. The van der Waals surface area contributed by atoms with Crippen LogP contribution in [0.5, 0.6) is 5.75 Å². The van der Waals surface area contributed by atoms with Gasteiger partial charge in [0.2, 0.25) is 5.13 Å². The van der Waals surface area contributed by atoms with E-state index < -0.39 is 23.5 Å². The standard InChI is InChI=1S/C30H24FN3O4S2/c1-16-3-5-18(6-4-16)15-39-30-33-32-29(40-30)34-25(19-7-10-22(31)11-8-19)24(27(36)28(34)37)26(35)20-9-12-23-21(14-20)13-17(2)38-23/h3-12,14,17,25,35H,13,15H2,1-2H3/b26-24+. The number of aryl methyl sites for hydroxylation is 1. The predicted octanol–water partition coefficient (Wildman–Crippen LogP) is 6.23. The van der Waals surface area contributed by atoms with Crippen molar-refractivity contribution in [3.8, 4) is 5.75 Å². The Labute approximate surface area is 238 Å². The van der Waals surface area contributed by atoms with Crippen LogP contribution in [0.3, 0.4) is 0 Å². The summed E-state index contributed by atoms with van der Waals surface area (Å²) >= 11 is 2.66. The summed E-state index contributed by atoms with van der Waals surface area (Å²) in [7, 11) is 0. The molecule has 1 N–H and O–H groups in total. The number of Topliss-reactive ketones (excluding diaryl/α,β-unsaturated/α-hetero) is 1. The van der Waals surface area contributed by atoms with Crippen molar-refractivity contribution in [2.75, 3.05) is 4.90 Å². The summed E-state index contributed by atoms with van der Waals surface area (Å²) in [5.41, 5.74) is 3.97. The minimum atomic E-state index is -1.01. The van der Waals surface area contributed by atoms with Crippen molar-refractivity contribution in [2.45, 2.75) is 42.5 Å². The molecular formula is C30H24FN3O4S2. The van der Waals surface area contributed by atoms with E-state index in [0.29, 0.717) is 27.6 Å². The predicted molar refractivity (Wildman–Crippen MR) is 152 cm³/mol. The van der Waals surface area contributed by atoms with Crippen molar-refractivity contribution < 1.29 is 23.8 Å². The summed E-state index contributed by atoms with van der Waals surface area (Å²) < 4.78 is 20.2. The third-order valence-electron chi connectivity index (χ3n) is 6.88. The van der Waals surface area contributed by atoms with Crippen molar-refractivity contribution in [2.24, 2.45) is 0 Å². The number of anilines is 1. The Bertz CT molecular complexity index is 1650. The van der Waals surface area contributed by atoms with Gasteiger partial charge in [-0.3, -0.25) is 14.5 Å². The number of benzene rings is 3. The van der Waals surface area contributed by atoms with Crippen LogP contribution in [0.2, 0.25) is 0 Å². The van der Waals surface area contributed by atoms with Gasteiger partial charge in [0.25, 0.3) is 5.78 Å². The second-order valence-electron chi connectivity index (χ2n) is 9.80. The molecule has 4 aromatic rings. The number of ether oxygens (including phenoxy) is 1. The fraction of sp³-hybridized carbons (Fsp3) is 0.200. The van der Waals surface area contributed by atoms with Gasteiger partial charge in [0.1, 0.15) is 23.4 Å². The Morgan fingerprint density at radius 3 is 2.60 bits per heavy atom. The van der Waals surface area contributed by atoms with E-state index in [0.717, 1.165) is 16.9 Å². The highest BCUT2D eigenvalue weighted by Gasteiger charge is 2.48. The number of nitrogens with zero attached hydrogens (tertiary/aromatic N) is 3. The molecule has 1 aromatic heterocycles. The minimum absolute atomic E-state index is 0.00710. The number of aromatic nitrogens is 2. The highest BCUT2D eigenvalue weighted by Crippen LogP contribution is 2.44. The lowest BCUT2D eigenvalue weighted by Crippen LogP contribution is -2.29. The molecule has 6 rings (SSSR count). The second kappa shape index (κ2) is 10.5. The Morgan fingerprint density at radius 1 is 1.10 bits per heavy atom. The summed E-state index contributed by atoms with van der Waals surface area (Å²) in [6.07, 6.45) is 0.674. The van der Waals surface area contributed by atoms with E-state index in [4.69, 9.17) is 4.74 Å². The minimum Gasteiger partial charge on any atom is -0.507 e. The molecule has 0 spiro atoms. The summed E-state index contributed by atoms with van der Waals surface area (Å²) in [5.74, 6) is -1.06. The first-order chi connectivity index (χ1) is 19.3. The number of carbonyl (C=O) groups excluding carboxylic acids is 2. The van der Waals surface area contributed by atoms with E-state index in [-0.39, 0.29) is 22.6 Å². The summed E-state index contributed by atoms with van der Waals surface area (Å²) in [6.45, 7) is 3.98. The third kappa shape index (κ3) is 4.89. The number of fused-ring (bicyclic) bond motifs is 1. The van der Waals surface area contributed by atoms with Gasteiger partial charge >= 0.3 is 5.91 Å². The molecule has 0 bridgehead atoms. The average Bonchev–Trinajstić information content (AvgIpc) is 3.63. The molecule has 1 saturated heterocycles. The SMILES string of the molecule is Cc1ccc(CSc2nnc(N3C(=O)C(=O)/C(=C(/O)c4ccc5c(c4)CC(C)O5)C3c3ccc(F)cc3)s2)cc1. The van der Waals surface area contributed by atoms with E-state index >= 15 is 0 Å². The van der Waals surface area contributed by atoms with Crippen LogP contribution in [0.15, 0.2) is 76.6 Å². The van der Waals surface area contributed by atoms with E-state index in [1.54, 1.807) is 18.2 Å². The molecule has 1 fully saturated rings. The van der Waals surface area contributed by atoms with Gasteiger partial charge in [0, 0.05) is 17.7 Å². The fourth-order valence-electron chi connectivity index (χ4n) is 4.90. The number of ketones is 1. The van der Waals surface area contributed by atoms with Crippen LogP contribution < -0.4 is 9.64 Å². The molecule has 3 aromatic carbocycles. The number of aliphatic hydroxyl groups excluding tert-OH is 1. The van der Waals surface area contributed by atoms with Gasteiger partial charge in [-0.25, -0.2) is 4.39 Å². The van der Waals surface area contributed by atoms with Crippen molar-refractivity contribution in [3.05, 3.63) is 106 Å². The summed E-state index contributed by atoms with van der Waals surface area (Å²) in [6, 6.07) is 17.9. The summed E-state index contributed by atoms with van der Waals surface area (Å²) in [5, 5.41) is 20.1. The lowest BCUT2D eigenvalue weighted by Gasteiger charge is -2.22. The molecule has 1 amide bonds. The van der Waals surface area contributed by atoms with Gasteiger partial charge in [-0.15, -0.1) is 10.2 Å². The molecule has 2 aliphatic heterocycles. The first-order valence-electron chi connectivity index (χ1n) is 12.7. The molecule has 40 heavy (non-hydrogen) atoms. The van der Waals surface area contributed by atoms with Crippen molar-refractivity contribution in [1.82, 2.24) is 10.2 Å². The Morgan fingerprint density at radius 2 is 1.85 bits per heavy atom. The van der Waals surface area contributed by atoms with E-state index in [1.807, 2.05) is 38.1 Å². The number of halogens is 1. The van der Waals surface area contributed by atoms with Gasteiger partial charge in [-0.1, -0.05) is 65.1 Å². The first-order valence-corrected chi connectivity index (χ1v) is 14.5. The zero-order valence-electron chi connectivity index (χ0n) is 21.6. The Hall–Kier alpha value is -4.02. The lowest BCUT2D eigenvalue weighted by atomic mass is 9.94. The van der Waals surface area contributed by atoms with Crippen molar-refractivity contribution >= 4 is 45.7 Å². The number of amides is 1. The third-order valence-corrected chi connectivity index (χ3v) is 9.01. The molecule has 2 unspecified atom stereocenters. The maximum atomic E-state index is 13.8. The largest absolute Gasteiger partial charge is 0.507 e. The molecule has 10 heteroatoms. The number of carbonyl (C=O) groups is 2. The molecule has 0 saturated carbocycles. The van der Waals surface area contributed by atoms with Crippen LogP contribution in [0.1, 0.15) is 40.8 Å². The molecule has 7 nitrogen and oxygen atoms in total. The van der Waals surface area contributed by atoms with Crippen LogP contribution in [0.4, 0.5) is 9.52 Å². The normalized spacial score (nSPS) is 19.6. The number of aliphatic hydroxyl groups is 1. The number of hydrogen-bond donors (Lipinski definition) is 1. The lowest BCUT2D eigenvalue weighted by molar-refractivity contribution is -0.132. The molecule has 0 radical (unpaired) electrons. The average molecular weight is 574 g/mol. The topological polar surface area (TPSA) is 92.6 Å². The number of rotatable bonds is 6. The first kappa shape index (κ1) is 26.2. The highest BCUT2D eigenvalue weighted by atomic mass is 32.2. The smallest absolute Gasteiger partial charge is 0.301 e. The number of thioether (sulfide) groups is 1. The maximum Gasteiger partial charge on any atom is 0.301 e.